The van der Waals surface area contributed by atoms with E-state index in [-0.39, 0.29) is 6.54 Å². The molecular weight excluding hydrogens is 260 g/mol. The molecule has 0 aliphatic rings. The highest BCUT2D eigenvalue weighted by Crippen LogP contribution is 2.08. The summed E-state index contributed by atoms with van der Waals surface area (Å²) in [6.07, 6.45) is 5.58. The Hall–Kier alpha value is -1.30. The molecule has 6 nitrogen and oxygen atoms in total. The fourth-order valence-corrected chi connectivity index (χ4v) is 1.62. The molecular formula is C14H28N2O4. The summed E-state index contributed by atoms with van der Waals surface area (Å²) in [6.45, 7) is 5.80. The lowest BCUT2D eigenvalue weighted by Crippen LogP contribution is -2.49. The van der Waals surface area contributed by atoms with Crippen molar-refractivity contribution in [3.63, 3.8) is 0 Å². The van der Waals surface area contributed by atoms with E-state index in [1.165, 1.54) is 12.8 Å². The molecule has 0 aliphatic carbocycles. The van der Waals surface area contributed by atoms with Crippen LogP contribution in [0, 0.1) is 5.92 Å². The van der Waals surface area contributed by atoms with Crippen molar-refractivity contribution in [1.29, 1.82) is 0 Å². The maximum Gasteiger partial charge on any atom is 0.337 e. The highest BCUT2D eigenvalue weighted by atomic mass is 16.4. The van der Waals surface area contributed by atoms with Crippen molar-refractivity contribution < 1.29 is 19.8 Å². The molecule has 0 aromatic heterocycles. The predicted octanol–water partition coefficient (Wildman–Crippen LogP) is 1.73. The molecule has 1 unspecified atom stereocenters. The first-order valence-corrected chi connectivity index (χ1v) is 7.23. The Balaban J connectivity index is 3.53. The Morgan fingerprint density at radius 2 is 1.70 bits per heavy atom. The topological polar surface area (TPSA) is 98.7 Å². The molecule has 4 N–H and O–H groups in total. The molecule has 0 saturated carbocycles. The number of amides is 2. The number of rotatable bonds is 10. The number of carbonyl (C=O) groups excluding carboxylic acids is 1. The van der Waals surface area contributed by atoms with E-state index in [9.17, 15) is 14.7 Å². The molecule has 0 fully saturated rings. The Morgan fingerprint density at radius 3 is 2.25 bits per heavy atom. The van der Waals surface area contributed by atoms with Gasteiger partial charge in [-0.3, -0.25) is 0 Å². The average molecular weight is 288 g/mol. The summed E-state index contributed by atoms with van der Waals surface area (Å²) >= 11 is 0. The minimum absolute atomic E-state index is 0.317. The van der Waals surface area contributed by atoms with Gasteiger partial charge in [0, 0.05) is 6.54 Å². The fraction of sp³-hybridized carbons (Fsp3) is 0.857. The lowest BCUT2D eigenvalue weighted by atomic mass is 10.0. The zero-order chi connectivity index (χ0) is 15.6. The van der Waals surface area contributed by atoms with Gasteiger partial charge in [-0.2, -0.15) is 0 Å². The summed E-state index contributed by atoms with van der Waals surface area (Å²) in [5.41, 5.74) is -1.94. The van der Waals surface area contributed by atoms with Gasteiger partial charge in [0.05, 0.1) is 6.54 Å². The smallest absolute Gasteiger partial charge is 0.337 e. The molecule has 1 atom stereocenters. The Kier molecular flexibility index (Phi) is 8.96. The Morgan fingerprint density at radius 1 is 1.10 bits per heavy atom. The molecule has 20 heavy (non-hydrogen) atoms. The van der Waals surface area contributed by atoms with E-state index in [4.69, 9.17) is 5.11 Å². The summed E-state index contributed by atoms with van der Waals surface area (Å²) < 4.78 is 0. The van der Waals surface area contributed by atoms with Crippen molar-refractivity contribution in [1.82, 2.24) is 10.6 Å². The van der Waals surface area contributed by atoms with E-state index in [1.54, 1.807) is 0 Å². The van der Waals surface area contributed by atoms with Crippen molar-refractivity contribution in [3.05, 3.63) is 0 Å². The number of nitrogens with one attached hydrogen (secondary N) is 2. The highest BCUT2D eigenvalue weighted by molar-refractivity contribution is 5.79. The van der Waals surface area contributed by atoms with Gasteiger partial charge in [0.1, 0.15) is 0 Å². The van der Waals surface area contributed by atoms with E-state index < -0.39 is 17.6 Å². The van der Waals surface area contributed by atoms with E-state index in [1.807, 2.05) is 0 Å². The molecule has 0 radical (unpaired) electrons. The zero-order valence-electron chi connectivity index (χ0n) is 12.7. The molecule has 2 amide bonds. The van der Waals surface area contributed by atoms with Crippen molar-refractivity contribution in [3.8, 4) is 0 Å². The summed E-state index contributed by atoms with van der Waals surface area (Å²) in [6, 6.07) is -0.450. The molecule has 0 spiro atoms. The van der Waals surface area contributed by atoms with Crippen LogP contribution in [-0.4, -0.2) is 40.9 Å². The minimum atomic E-state index is -1.94. The van der Waals surface area contributed by atoms with E-state index in [0.717, 1.165) is 32.1 Å². The van der Waals surface area contributed by atoms with Crippen LogP contribution in [0.1, 0.15) is 52.9 Å². The lowest BCUT2D eigenvalue weighted by molar-refractivity contribution is -0.155. The largest absolute Gasteiger partial charge is 0.479 e. The van der Waals surface area contributed by atoms with Crippen LogP contribution in [0.3, 0.4) is 0 Å². The number of urea groups is 1. The molecule has 0 aliphatic heterocycles. The number of unbranched alkanes of at least 4 members (excludes halogenated alkanes) is 3. The first-order chi connectivity index (χ1) is 9.25. The summed E-state index contributed by atoms with van der Waals surface area (Å²) in [4.78, 5) is 22.0. The van der Waals surface area contributed by atoms with Crippen LogP contribution in [-0.2, 0) is 4.79 Å². The van der Waals surface area contributed by atoms with Crippen LogP contribution in [0.15, 0.2) is 0 Å². The van der Waals surface area contributed by atoms with Crippen LogP contribution >= 0.6 is 0 Å². The normalized spacial score (nSPS) is 13.8. The van der Waals surface area contributed by atoms with Gasteiger partial charge in [0.25, 0.3) is 0 Å². The number of aliphatic hydroxyl groups is 1. The van der Waals surface area contributed by atoms with Crippen molar-refractivity contribution in [2.24, 2.45) is 5.92 Å². The van der Waals surface area contributed by atoms with Crippen LogP contribution < -0.4 is 10.6 Å². The van der Waals surface area contributed by atoms with Gasteiger partial charge in [0.15, 0.2) is 5.60 Å². The fourth-order valence-electron chi connectivity index (χ4n) is 1.62. The molecule has 6 heteroatoms. The second-order valence-corrected chi connectivity index (χ2v) is 5.79. The van der Waals surface area contributed by atoms with Gasteiger partial charge < -0.3 is 20.8 Å². The number of carbonyl (C=O) groups is 2. The Bertz CT molecular complexity index is 304. The third-order valence-corrected chi connectivity index (χ3v) is 3.05. The molecule has 0 aromatic carbocycles. The number of hydrogen-bond donors (Lipinski definition) is 4. The number of aliphatic carboxylic acids is 1. The highest BCUT2D eigenvalue weighted by Gasteiger charge is 2.30. The number of carboxylic acids is 1. The van der Waals surface area contributed by atoms with Crippen LogP contribution in [0.25, 0.3) is 0 Å². The lowest BCUT2D eigenvalue weighted by Gasteiger charge is -2.18. The SMILES string of the molecule is CC(C)CCCCCCNC(=O)NCC(C)(O)C(=O)O. The van der Waals surface area contributed by atoms with E-state index >= 15 is 0 Å². The molecule has 118 valence electrons. The first kappa shape index (κ1) is 18.7. The standard InChI is InChI=1S/C14H28N2O4/c1-11(2)8-6-4-5-7-9-15-13(19)16-10-14(3,20)12(17)18/h11,20H,4-10H2,1-3H3,(H,17,18)(H2,15,16,19). The maximum absolute atomic E-state index is 11.4. The van der Waals surface area contributed by atoms with Crippen molar-refractivity contribution in [2.75, 3.05) is 13.1 Å². The third-order valence-electron chi connectivity index (χ3n) is 3.05. The summed E-state index contributed by atoms with van der Waals surface area (Å²) in [5, 5.41) is 23.1. The minimum Gasteiger partial charge on any atom is -0.479 e. The first-order valence-electron chi connectivity index (χ1n) is 7.23. The average Bonchev–Trinajstić information content (AvgIpc) is 2.34. The predicted molar refractivity (Wildman–Crippen MR) is 77.6 cm³/mol. The number of hydrogen-bond acceptors (Lipinski definition) is 3. The molecule has 0 heterocycles. The third kappa shape index (κ3) is 9.61. The molecule has 0 saturated heterocycles. The second-order valence-electron chi connectivity index (χ2n) is 5.79. The quantitative estimate of drug-likeness (QED) is 0.460. The summed E-state index contributed by atoms with van der Waals surface area (Å²) in [7, 11) is 0. The second kappa shape index (κ2) is 9.58. The Labute approximate surface area is 120 Å². The van der Waals surface area contributed by atoms with Crippen molar-refractivity contribution in [2.45, 2.75) is 58.5 Å². The van der Waals surface area contributed by atoms with Crippen molar-refractivity contribution >= 4 is 12.0 Å². The number of carboxylic acid groups (broad SMARTS) is 1. The van der Waals surface area contributed by atoms with Gasteiger partial charge in [-0.05, 0) is 19.3 Å². The van der Waals surface area contributed by atoms with Gasteiger partial charge in [0.2, 0.25) is 0 Å². The van der Waals surface area contributed by atoms with Crippen LogP contribution in [0.4, 0.5) is 4.79 Å². The summed E-state index contributed by atoms with van der Waals surface area (Å²) in [5.74, 6) is -0.621. The van der Waals surface area contributed by atoms with Gasteiger partial charge >= 0.3 is 12.0 Å². The monoisotopic (exact) mass is 288 g/mol. The van der Waals surface area contributed by atoms with Crippen LogP contribution in [0.2, 0.25) is 0 Å². The van der Waals surface area contributed by atoms with Gasteiger partial charge in [-0.15, -0.1) is 0 Å². The van der Waals surface area contributed by atoms with Gasteiger partial charge in [-0.25, -0.2) is 9.59 Å². The molecule has 0 bridgehead atoms. The maximum atomic E-state index is 11.4. The molecule has 0 rings (SSSR count). The van der Waals surface area contributed by atoms with E-state index in [0.29, 0.717) is 6.54 Å². The van der Waals surface area contributed by atoms with E-state index in [2.05, 4.69) is 24.5 Å². The zero-order valence-corrected chi connectivity index (χ0v) is 12.7. The van der Waals surface area contributed by atoms with Gasteiger partial charge in [-0.1, -0.05) is 39.5 Å². The van der Waals surface area contributed by atoms with Crippen LogP contribution in [0.5, 0.6) is 0 Å². The molecule has 0 aromatic rings.